The van der Waals surface area contributed by atoms with Crippen LogP contribution in [0.2, 0.25) is 0 Å². The SMILES string of the molecule is CCC[C@@H](C(=O)OCC)[C@@H](N)C(F)(F)F. The topological polar surface area (TPSA) is 52.3 Å². The minimum Gasteiger partial charge on any atom is -0.466 e. The van der Waals surface area contributed by atoms with E-state index in [2.05, 4.69) is 4.74 Å². The van der Waals surface area contributed by atoms with Crippen molar-refractivity contribution in [3.05, 3.63) is 0 Å². The van der Waals surface area contributed by atoms with Gasteiger partial charge >= 0.3 is 12.1 Å². The fourth-order valence-electron chi connectivity index (χ4n) is 1.23. The average Bonchev–Trinajstić information content (AvgIpc) is 2.12. The zero-order chi connectivity index (χ0) is 12.1. The second-order valence-corrected chi connectivity index (χ2v) is 3.21. The third kappa shape index (κ3) is 4.51. The molecule has 0 bridgehead atoms. The molecule has 0 saturated heterocycles. The Bertz CT molecular complexity index is 206. The van der Waals surface area contributed by atoms with Gasteiger partial charge in [-0.05, 0) is 13.3 Å². The predicted molar refractivity (Wildman–Crippen MR) is 49.1 cm³/mol. The van der Waals surface area contributed by atoms with Crippen molar-refractivity contribution in [1.29, 1.82) is 0 Å². The van der Waals surface area contributed by atoms with Crippen LogP contribution in [0.5, 0.6) is 0 Å². The van der Waals surface area contributed by atoms with Crippen LogP contribution in [0.25, 0.3) is 0 Å². The van der Waals surface area contributed by atoms with E-state index in [1.165, 1.54) is 0 Å². The van der Waals surface area contributed by atoms with E-state index >= 15 is 0 Å². The molecule has 0 heterocycles. The van der Waals surface area contributed by atoms with Crippen LogP contribution in [0.1, 0.15) is 26.7 Å². The number of rotatable bonds is 5. The standard InChI is InChI=1S/C9H16F3NO2/c1-3-5-6(8(14)15-4-2)7(13)9(10,11)12/h6-7H,3-5,13H2,1-2H3/t6-,7-/m1/s1. The zero-order valence-corrected chi connectivity index (χ0v) is 8.80. The Balaban J connectivity index is 4.57. The molecule has 0 aromatic carbocycles. The molecule has 90 valence electrons. The first kappa shape index (κ1) is 14.2. The first-order valence-corrected chi connectivity index (χ1v) is 4.83. The minimum atomic E-state index is -4.56. The molecule has 0 aliphatic carbocycles. The van der Waals surface area contributed by atoms with Crippen LogP contribution in [-0.2, 0) is 9.53 Å². The van der Waals surface area contributed by atoms with E-state index in [0.29, 0.717) is 6.42 Å². The van der Waals surface area contributed by atoms with Crippen molar-refractivity contribution in [3.8, 4) is 0 Å². The molecular formula is C9H16F3NO2. The highest BCUT2D eigenvalue weighted by molar-refractivity contribution is 5.73. The van der Waals surface area contributed by atoms with Crippen LogP contribution in [0.4, 0.5) is 13.2 Å². The monoisotopic (exact) mass is 227 g/mol. The molecular weight excluding hydrogens is 211 g/mol. The van der Waals surface area contributed by atoms with Gasteiger partial charge in [0.25, 0.3) is 0 Å². The van der Waals surface area contributed by atoms with Gasteiger partial charge in [-0.15, -0.1) is 0 Å². The Kier molecular flexibility index (Phi) is 5.64. The summed E-state index contributed by atoms with van der Waals surface area (Å²) in [6.07, 6.45) is -4.03. The number of carbonyl (C=O) groups is 1. The van der Waals surface area contributed by atoms with Crippen LogP contribution >= 0.6 is 0 Å². The fourth-order valence-corrected chi connectivity index (χ4v) is 1.23. The van der Waals surface area contributed by atoms with Gasteiger partial charge in [-0.3, -0.25) is 4.79 Å². The molecule has 0 saturated carbocycles. The Hall–Kier alpha value is -0.780. The Morgan fingerprint density at radius 2 is 1.93 bits per heavy atom. The summed E-state index contributed by atoms with van der Waals surface area (Å²) in [5.74, 6) is -2.17. The van der Waals surface area contributed by atoms with Crippen LogP contribution in [0.15, 0.2) is 0 Å². The van der Waals surface area contributed by atoms with Crippen molar-refractivity contribution in [2.45, 2.75) is 38.9 Å². The summed E-state index contributed by atoms with van der Waals surface area (Å²) < 4.78 is 41.4. The highest BCUT2D eigenvalue weighted by Gasteiger charge is 2.45. The van der Waals surface area contributed by atoms with Crippen LogP contribution in [0.3, 0.4) is 0 Å². The molecule has 0 aliphatic heterocycles. The van der Waals surface area contributed by atoms with Gasteiger partial charge < -0.3 is 10.5 Å². The number of nitrogens with two attached hydrogens (primary N) is 1. The maximum absolute atomic E-state index is 12.3. The van der Waals surface area contributed by atoms with E-state index in [0.717, 1.165) is 0 Å². The lowest BCUT2D eigenvalue weighted by Gasteiger charge is -2.23. The molecule has 0 aliphatic rings. The van der Waals surface area contributed by atoms with Crippen molar-refractivity contribution < 1.29 is 22.7 Å². The number of alkyl halides is 3. The molecule has 2 atom stereocenters. The van der Waals surface area contributed by atoms with Gasteiger partial charge in [-0.1, -0.05) is 13.3 Å². The molecule has 0 fully saturated rings. The number of halogens is 3. The van der Waals surface area contributed by atoms with Crippen LogP contribution in [-0.4, -0.2) is 24.8 Å². The molecule has 0 spiro atoms. The summed E-state index contributed by atoms with van der Waals surface area (Å²) in [5.41, 5.74) is 4.99. The minimum absolute atomic E-state index is 0.0592. The van der Waals surface area contributed by atoms with E-state index in [1.54, 1.807) is 13.8 Å². The third-order valence-corrected chi connectivity index (χ3v) is 2.00. The summed E-state index contributed by atoms with van der Waals surface area (Å²) in [5, 5.41) is 0. The highest BCUT2D eigenvalue weighted by Crippen LogP contribution is 2.27. The fraction of sp³-hybridized carbons (Fsp3) is 0.889. The van der Waals surface area contributed by atoms with E-state index in [9.17, 15) is 18.0 Å². The second kappa shape index (κ2) is 5.95. The molecule has 6 heteroatoms. The summed E-state index contributed by atoms with van der Waals surface area (Å²) in [6.45, 7) is 3.29. The van der Waals surface area contributed by atoms with Gasteiger partial charge in [0, 0.05) is 0 Å². The maximum Gasteiger partial charge on any atom is 0.404 e. The molecule has 2 N–H and O–H groups in total. The summed E-state index contributed by atoms with van der Waals surface area (Å²) in [4.78, 5) is 11.2. The van der Waals surface area contributed by atoms with Crippen LogP contribution < -0.4 is 5.73 Å². The summed E-state index contributed by atoms with van der Waals surface area (Å²) in [7, 11) is 0. The zero-order valence-electron chi connectivity index (χ0n) is 8.80. The van der Waals surface area contributed by atoms with E-state index < -0.39 is 24.1 Å². The molecule has 0 unspecified atom stereocenters. The molecule has 0 radical (unpaired) electrons. The maximum atomic E-state index is 12.3. The smallest absolute Gasteiger partial charge is 0.404 e. The summed E-state index contributed by atoms with van der Waals surface area (Å²) >= 11 is 0. The van der Waals surface area contributed by atoms with Gasteiger partial charge in [0.2, 0.25) is 0 Å². The van der Waals surface area contributed by atoms with E-state index in [-0.39, 0.29) is 13.0 Å². The van der Waals surface area contributed by atoms with Crippen molar-refractivity contribution in [2.75, 3.05) is 6.61 Å². The predicted octanol–water partition coefficient (Wildman–Crippen LogP) is 1.86. The van der Waals surface area contributed by atoms with Crippen molar-refractivity contribution >= 4 is 5.97 Å². The first-order chi connectivity index (χ1) is 6.84. The number of hydrogen-bond donors (Lipinski definition) is 1. The number of esters is 1. The van der Waals surface area contributed by atoms with Gasteiger partial charge in [-0.25, -0.2) is 0 Å². The quantitative estimate of drug-likeness (QED) is 0.729. The normalized spacial score (nSPS) is 15.9. The molecule has 3 nitrogen and oxygen atoms in total. The third-order valence-electron chi connectivity index (χ3n) is 2.00. The lowest BCUT2D eigenvalue weighted by molar-refractivity contribution is -0.176. The summed E-state index contributed by atoms with van der Waals surface area (Å²) in [6, 6.07) is -2.14. The van der Waals surface area contributed by atoms with E-state index in [1.807, 2.05) is 0 Å². The van der Waals surface area contributed by atoms with E-state index in [4.69, 9.17) is 5.73 Å². The van der Waals surface area contributed by atoms with Crippen LogP contribution in [0, 0.1) is 5.92 Å². The average molecular weight is 227 g/mol. The van der Waals surface area contributed by atoms with Crippen molar-refractivity contribution in [3.63, 3.8) is 0 Å². The Labute approximate surface area is 86.8 Å². The number of hydrogen-bond acceptors (Lipinski definition) is 3. The molecule has 0 aromatic heterocycles. The Morgan fingerprint density at radius 3 is 2.27 bits per heavy atom. The highest BCUT2D eigenvalue weighted by atomic mass is 19.4. The first-order valence-electron chi connectivity index (χ1n) is 4.83. The molecule has 0 aromatic rings. The molecule has 0 amide bonds. The lowest BCUT2D eigenvalue weighted by atomic mass is 9.95. The number of carbonyl (C=O) groups excluding carboxylic acids is 1. The molecule has 15 heavy (non-hydrogen) atoms. The van der Waals surface area contributed by atoms with Gasteiger partial charge in [0.05, 0.1) is 12.5 Å². The largest absolute Gasteiger partial charge is 0.466 e. The van der Waals surface area contributed by atoms with Gasteiger partial charge in [-0.2, -0.15) is 13.2 Å². The second-order valence-electron chi connectivity index (χ2n) is 3.21. The van der Waals surface area contributed by atoms with Gasteiger partial charge in [0.1, 0.15) is 6.04 Å². The number of ether oxygens (including phenoxy) is 1. The van der Waals surface area contributed by atoms with Gasteiger partial charge in [0.15, 0.2) is 0 Å². The lowest BCUT2D eigenvalue weighted by Crippen LogP contribution is -2.47. The van der Waals surface area contributed by atoms with Crippen molar-refractivity contribution in [1.82, 2.24) is 0 Å². The molecule has 0 rings (SSSR count). The Morgan fingerprint density at radius 1 is 1.40 bits per heavy atom. The van der Waals surface area contributed by atoms with Crippen molar-refractivity contribution in [2.24, 2.45) is 11.7 Å².